The van der Waals surface area contributed by atoms with Gasteiger partial charge in [-0.05, 0) is 17.7 Å². The number of aliphatic hydroxyl groups is 3. The number of rotatable bonds is 7. The second-order valence-electron chi connectivity index (χ2n) is 7.18. The van der Waals surface area contributed by atoms with Crippen molar-refractivity contribution in [2.24, 2.45) is 0 Å². The van der Waals surface area contributed by atoms with Crippen LogP contribution in [0.15, 0.2) is 36.9 Å². The lowest BCUT2D eigenvalue weighted by molar-refractivity contribution is -0.137. The topological polar surface area (TPSA) is 183 Å². The molecule has 1 aliphatic rings. The highest BCUT2D eigenvalue weighted by atomic mass is 16.6. The summed E-state index contributed by atoms with van der Waals surface area (Å²) in [5.41, 5.74) is 1.19. The number of hydrogen-bond donors (Lipinski definition) is 6. The van der Waals surface area contributed by atoms with Crippen molar-refractivity contribution >= 4 is 23.0 Å². The molecular weight excluding hydrogens is 410 g/mol. The molecule has 31 heavy (non-hydrogen) atoms. The van der Waals surface area contributed by atoms with Crippen LogP contribution in [0, 0.1) is 0 Å². The van der Waals surface area contributed by atoms with Gasteiger partial charge in [-0.3, -0.25) is 4.57 Å². The Bertz CT molecular complexity index is 1070. The summed E-state index contributed by atoms with van der Waals surface area (Å²) in [5, 5.41) is 51.4. The maximum Gasteiger partial charge on any atom is 0.326 e. The Balaban J connectivity index is 1.61. The number of carboxylic acids is 1. The summed E-state index contributed by atoms with van der Waals surface area (Å²) < 4.78 is 6.90. The minimum absolute atomic E-state index is 0.0801. The first-order chi connectivity index (χ1) is 14.9. The highest BCUT2D eigenvalue weighted by Gasteiger charge is 2.44. The molecule has 0 aliphatic carbocycles. The number of aromatic nitrogens is 4. The van der Waals surface area contributed by atoms with Crippen molar-refractivity contribution in [3.8, 4) is 5.75 Å². The van der Waals surface area contributed by atoms with Crippen molar-refractivity contribution < 1.29 is 35.1 Å². The first kappa shape index (κ1) is 20.9. The average molecular weight is 431 g/mol. The van der Waals surface area contributed by atoms with Gasteiger partial charge in [-0.1, -0.05) is 12.1 Å². The molecule has 6 N–H and O–H groups in total. The molecule has 0 spiro atoms. The summed E-state index contributed by atoms with van der Waals surface area (Å²) in [7, 11) is 0. The van der Waals surface area contributed by atoms with Crippen molar-refractivity contribution in [1.29, 1.82) is 0 Å². The van der Waals surface area contributed by atoms with E-state index in [1.165, 1.54) is 29.4 Å². The lowest BCUT2D eigenvalue weighted by Gasteiger charge is -2.17. The molecule has 0 amide bonds. The standard InChI is InChI=1S/C19H21N5O7/c25-6-12-14(27)15(28)18(31-12)24-8-22-13-16(20-7-21-17(13)24)23-11(19(29)30)5-9-1-3-10(26)4-2-9/h1-4,7-8,11-12,14-15,18,25-28H,5-6H2,(H,29,30)(H,20,21,23)/t11-,12+,14?,15?,18+/m0/s1. The van der Waals surface area contributed by atoms with E-state index in [9.17, 15) is 30.3 Å². The second-order valence-corrected chi connectivity index (χ2v) is 7.18. The van der Waals surface area contributed by atoms with Crippen LogP contribution in [0.3, 0.4) is 0 Å². The van der Waals surface area contributed by atoms with Crippen LogP contribution in [0.25, 0.3) is 11.2 Å². The molecule has 2 aromatic heterocycles. The number of hydrogen-bond acceptors (Lipinski definition) is 10. The third-order valence-corrected chi connectivity index (χ3v) is 5.14. The number of phenolic OH excluding ortho intramolecular Hbond substituents is 1. The molecule has 1 saturated heterocycles. The van der Waals surface area contributed by atoms with E-state index in [1.807, 2.05) is 0 Å². The largest absolute Gasteiger partial charge is 0.508 e. The molecule has 0 bridgehead atoms. The van der Waals surface area contributed by atoms with Crippen LogP contribution in [-0.2, 0) is 16.0 Å². The van der Waals surface area contributed by atoms with Crippen LogP contribution in [0.2, 0.25) is 0 Å². The van der Waals surface area contributed by atoms with E-state index in [4.69, 9.17) is 4.74 Å². The minimum Gasteiger partial charge on any atom is -0.508 e. The predicted octanol–water partition coefficient (Wildman–Crippen LogP) is -0.749. The highest BCUT2D eigenvalue weighted by molar-refractivity contribution is 5.86. The molecule has 3 aromatic rings. The third kappa shape index (κ3) is 4.01. The summed E-state index contributed by atoms with van der Waals surface area (Å²) in [6.45, 7) is -0.472. The lowest BCUT2D eigenvalue weighted by Crippen LogP contribution is -2.33. The number of aliphatic hydroxyl groups excluding tert-OH is 3. The van der Waals surface area contributed by atoms with Gasteiger partial charge in [0.15, 0.2) is 23.2 Å². The lowest BCUT2D eigenvalue weighted by atomic mass is 10.1. The monoisotopic (exact) mass is 431 g/mol. The number of aromatic hydroxyl groups is 1. The van der Waals surface area contributed by atoms with Crippen molar-refractivity contribution in [1.82, 2.24) is 19.5 Å². The fourth-order valence-electron chi connectivity index (χ4n) is 3.49. The van der Waals surface area contributed by atoms with Crippen LogP contribution >= 0.6 is 0 Å². The maximum absolute atomic E-state index is 11.8. The number of ether oxygens (including phenoxy) is 1. The molecule has 3 heterocycles. The number of carbonyl (C=O) groups is 1. The van der Waals surface area contributed by atoms with Gasteiger partial charge in [-0.15, -0.1) is 0 Å². The number of carboxylic acid groups (broad SMARTS) is 1. The Hall–Kier alpha value is -3.32. The first-order valence-electron chi connectivity index (χ1n) is 9.46. The zero-order chi connectivity index (χ0) is 22.1. The van der Waals surface area contributed by atoms with Crippen LogP contribution in [0.1, 0.15) is 11.8 Å². The normalized spacial score (nSPS) is 24.4. The molecule has 1 aromatic carbocycles. The van der Waals surface area contributed by atoms with Gasteiger partial charge < -0.3 is 35.6 Å². The quantitative estimate of drug-likeness (QED) is 0.277. The van der Waals surface area contributed by atoms with Gasteiger partial charge in [0, 0.05) is 6.42 Å². The summed E-state index contributed by atoms with van der Waals surface area (Å²) in [6, 6.07) is 5.15. The Morgan fingerprint density at radius 3 is 2.55 bits per heavy atom. The number of nitrogens with one attached hydrogen (secondary N) is 1. The zero-order valence-corrected chi connectivity index (χ0v) is 16.1. The average Bonchev–Trinajstić information content (AvgIpc) is 3.31. The molecule has 2 unspecified atom stereocenters. The molecule has 1 aliphatic heterocycles. The molecule has 12 heteroatoms. The van der Waals surface area contributed by atoms with Crippen molar-refractivity contribution in [2.45, 2.75) is 37.0 Å². The number of aliphatic carboxylic acids is 1. The molecule has 12 nitrogen and oxygen atoms in total. The van der Waals surface area contributed by atoms with Gasteiger partial charge in [0.1, 0.15) is 36.4 Å². The van der Waals surface area contributed by atoms with Crippen LogP contribution in [-0.4, -0.2) is 82.0 Å². The Morgan fingerprint density at radius 2 is 1.90 bits per heavy atom. The number of fused-ring (bicyclic) bond motifs is 1. The van der Waals surface area contributed by atoms with Crippen LogP contribution in [0.5, 0.6) is 5.75 Å². The number of benzene rings is 1. The van der Waals surface area contributed by atoms with E-state index in [0.29, 0.717) is 5.56 Å². The third-order valence-electron chi connectivity index (χ3n) is 5.14. The Morgan fingerprint density at radius 1 is 1.16 bits per heavy atom. The van der Waals surface area contributed by atoms with Crippen LogP contribution in [0.4, 0.5) is 5.82 Å². The van der Waals surface area contributed by atoms with Crippen molar-refractivity contribution in [3.63, 3.8) is 0 Å². The van der Waals surface area contributed by atoms with Gasteiger partial charge in [-0.25, -0.2) is 19.7 Å². The fourth-order valence-corrected chi connectivity index (χ4v) is 3.49. The molecule has 5 atom stereocenters. The second kappa shape index (κ2) is 8.43. The summed E-state index contributed by atoms with van der Waals surface area (Å²) >= 11 is 0. The smallest absolute Gasteiger partial charge is 0.326 e. The zero-order valence-electron chi connectivity index (χ0n) is 16.1. The number of anilines is 1. The summed E-state index contributed by atoms with van der Waals surface area (Å²) in [5.74, 6) is -0.860. The summed E-state index contributed by atoms with van der Waals surface area (Å²) in [4.78, 5) is 24.2. The Kier molecular flexibility index (Phi) is 5.69. The van der Waals surface area contributed by atoms with E-state index >= 15 is 0 Å². The van der Waals surface area contributed by atoms with Crippen molar-refractivity contribution in [2.75, 3.05) is 11.9 Å². The number of nitrogens with zero attached hydrogens (tertiary/aromatic N) is 4. The Labute approximate surface area is 175 Å². The minimum atomic E-state index is -1.32. The first-order valence-corrected chi connectivity index (χ1v) is 9.46. The van der Waals surface area contributed by atoms with Gasteiger partial charge in [-0.2, -0.15) is 0 Å². The van der Waals surface area contributed by atoms with E-state index < -0.39 is 43.2 Å². The highest BCUT2D eigenvalue weighted by Crippen LogP contribution is 2.32. The number of phenols is 1. The van der Waals surface area contributed by atoms with Gasteiger partial charge in [0.25, 0.3) is 0 Å². The molecular formula is C19H21N5O7. The molecule has 4 rings (SSSR count). The predicted molar refractivity (Wildman–Crippen MR) is 105 cm³/mol. The summed E-state index contributed by atoms with van der Waals surface area (Å²) in [6.07, 6.45) is -1.93. The SMILES string of the molecule is O=C(O)[C@H](Cc1ccc(O)cc1)Nc1ncnc2c1ncn2[C@@H]1O[C@H](CO)C(O)C1O. The van der Waals surface area contributed by atoms with E-state index in [0.717, 1.165) is 0 Å². The van der Waals surface area contributed by atoms with Crippen molar-refractivity contribution in [3.05, 3.63) is 42.5 Å². The molecule has 0 radical (unpaired) electrons. The van der Waals surface area contributed by atoms with E-state index in [1.54, 1.807) is 12.1 Å². The van der Waals surface area contributed by atoms with Gasteiger partial charge in [0.2, 0.25) is 0 Å². The maximum atomic E-state index is 11.8. The molecule has 0 saturated carbocycles. The van der Waals surface area contributed by atoms with Gasteiger partial charge in [0.05, 0.1) is 12.9 Å². The van der Waals surface area contributed by atoms with Crippen LogP contribution < -0.4 is 5.32 Å². The molecule has 1 fully saturated rings. The molecule has 164 valence electrons. The number of imidazole rings is 1. The van der Waals surface area contributed by atoms with E-state index in [-0.39, 0.29) is 29.2 Å². The fraction of sp³-hybridized carbons (Fsp3) is 0.368. The van der Waals surface area contributed by atoms with Gasteiger partial charge >= 0.3 is 5.97 Å². The van der Waals surface area contributed by atoms with E-state index in [2.05, 4.69) is 20.3 Å².